The van der Waals surface area contributed by atoms with E-state index in [4.69, 9.17) is 21.9 Å². The minimum atomic E-state index is -5.24. The predicted octanol–water partition coefficient (Wildman–Crippen LogP) is 5.10. The van der Waals surface area contributed by atoms with Gasteiger partial charge >= 0.3 is 18.1 Å². The Morgan fingerprint density at radius 3 is 2.35 bits per heavy atom. The lowest BCUT2D eigenvalue weighted by atomic mass is 9.77. The molecule has 1 aliphatic heterocycles. The van der Waals surface area contributed by atoms with Crippen LogP contribution in [0.15, 0.2) is 39.8 Å². The van der Waals surface area contributed by atoms with Crippen LogP contribution in [0.5, 0.6) is 0 Å². The van der Waals surface area contributed by atoms with E-state index in [1.165, 1.54) is 13.8 Å². The van der Waals surface area contributed by atoms with E-state index in [1.807, 2.05) is 0 Å². The molecule has 0 radical (unpaired) electrons. The van der Waals surface area contributed by atoms with E-state index in [0.29, 0.717) is 12.1 Å². The van der Waals surface area contributed by atoms with Crippen molar-refractivity contribution in [3.8, 4) is 0 Å². The molecule has 2 rings (SSSR count). The molecule has 184 valence electrons. The number of esters is 2. The first-order valence-corrected chi connectivity index (χ1v) is 9.91. The number of hydrogen-bond donors (Lipinski definition) is 1. The fourth-order valence-electron chi connectivity index (χ4n) is 3.44. The molecule has 0 fully saturated rings. The summed E-state index contributed by atoms with van der Waals surface area (Å²) >= 11 is 5.76. The fraction of sp³-hybridized carbons (Fsp3) is 0.400. The third-order valence-electron chi connectivity index (χ3n) is 4.64. The average Bonchev–Trinajstić information content (AvgIpc) is 2.75. The maximum atomic E-state index is 15.1. The van der Waals surface area contributed by atoms with Gasteiger partial charge in [-0.25, -0.2) is 18.4 Å². The van der Waals surface area contributed by atoms with Gasteiger partial charge < -0.3 is 14.8 Å². The molecular formula is C20H18ClF5N4O4. The number of dihydropyridines is 1. The Balaban J connectivity index is 3.08. The van der Waals surface area contributed by atoms with Crippen LogP contribution in [-0.2, 0) is 25.2 Å². The molecule has 1 aliphatic rings. The van der Waals surface area contributed by atoms with Crippen LogP contribution in [0.25, 0.3) is 10.4 Å². The van der Waals surface area contributed by atoms with Gasteiger partial charge in [0.15, 0.2) is 0 Å². The molecule has 0 bridgehead atoms. The number of nitrogens with one attached hydrogen (secondary N) is 1. The Bertz CT molecular complexity index is 1110. The normalized spacial score (nSPS) is 16.2. The van der Waals surface area contributed by atoms with Crippen molar-refractivity contribution in [2.75, 3.05) is 20.3 Å². The standard InChI is InChI=1S/C20H18ClF5N4O4/c1-8(2)34-19(32)15-12(7-28-30-27)29-11(6-22)14(18(31)33-3)16(15)13-10(23)5-4-9(21)17(13)20(24,25)26/h4-5,8,16,29H,6-7H2,1-3H3. The monoisotopic (exact) mass is 508 g/mol. The molecule has 0 aromatic heterocycles. The summed E-state index contributed by atoms with van der Waals surface area (Å²) < 4.78 is 80.7. The summed E-state index contributed by atoms with van der Waals surface area (Å²) in [6.07, 6.45) is -6.03. The minimum absolute atomic E-state index is 0.388. The lowest BCUT2D eigenvalue weighted by Gasteiger charge is -2.33. The van der Waals surface area contributed by atoms with Crippen molar-refractivity contribution < 1.29 is 41.0 Å². The van der Waals surface area contributed by atoms with Gasteiger partial charge in [-0.3, -0.25) is 0 Å². The van der Waals surface area contributed by atoms with Gasteiger partial charge in [0, 0.05) is 16.2 Å². The van der Waals surface area contributed by atoms with E-state index >= 15 is 4.39 Å². The first kappa shape index (κ1) is 26.9. The number of azide groups is 1. The molecule has 34 heavy (non-hydrogen) atoms. The molecule has 0 amide bonds. The maximum Gasteiger partial charge on any atom is 0.418 e. The number of carbonyl (C=O) groups is 2. The lowest BCUT2D eigenvalue weighted by Crippen LogP contribution is -2.37. The van der Waals surface area contributed by atoms with E-state index in [9.17, 15) is 27.2 Å². The fourth-order valence-corrected chi connectivity index (χ4v) is 3.71. The Morgan fingerprint density at radius 1 is 1.24 bits per heavy atom. The SMILES string of the molecule is COC(=O)C1=C(CF)NC(CN=[N+]=[N-])=C(C(=O)OC(C)C)C1c1c(F)ccc(Cl)c1C(F)(F)F. The average molecular weight is 509 g/mol. The van der Waals surface area contributed by atoms with Gasteiger partial charge in [-0.1, -0.05) is 16.7 Å². The highest BCUT2D eigenvalue weighted by Gasteiger charge is 2.47. The number of allylic oxidation sites excluding steroid dienone is 1. The summed E-state index contributed by atoms with van der Waals surface area (Å²) in [5.41, 5.74) is 3.27. The zero-order valence-electron chi connectivity index (χ0n) is 18.0. The largest absolute Gasteiger partial charge is 0.466 e. The summed E-state index contributed by atoms with van der Waals surface area (Å²) in [7, 11) is 0.868. The molecule has 0 aliphatic carbocycles. The van der Waals surface area contributed by atoms with Crippen molar-refractivity contribution in [1.29, 1.82) is 0 Å². The zero-order valence-corrected chi connectivity index (χ0v) is 18.7. The Hall–Kier alpha value is -3.31. The second-order valence-corrected chi connectivity index (χ2v) is 7.53. The molecule has 1 N–H and O–H groups in total. The molecule has 1 atom stereocenters. The molecule has 14 heteroatoms. The lowest BCUT2D eigenvalue weighted by molar-refractivity contribution is -0.144. The third-order valence-corrected chi connectivity index (χ3v) is 4.95. The Kier molecular flexibility index (Phi) is 8.51. The van der Waals surface area contributed by atoms with Crippen molar-refractivity contribution >= 4 is 23.5 Å². The van der Waals surface area contributed by atoms with Gasteiger partial charge in [0.1, 0.15) is 12.5 Å². The number of carbonyl (C=O) groups excluding carboxylic acids is 2. The highest BCUT2D eigenvalue weighted by molar-refractivity contribution is 6.31. The second kappa shape index (κ2) is 10.7. The van der Waals surface area contributed by atoms with Crippen LogP contribution >= 0.6 is 11.6 Å². The van der Waals surface area contributed by atoms with E-state index in [1.54, 1.807) is 0 Å². The van der Waals surface area contributed by atoms with Gasteiger partial charge in [-0.2, -0.15) is 13.2 Å². The van der Waals surface area contributed by atoms with Crippen molar-refractivity contribution in [3.05, 3.63) is 67.1 Å². The van der Waals surface area contributed by atoms with Crippen LogP contribution in [-0.4, -0.2) is 38.4 Å². The van der Waals surface area contributed by atoms with Crippen LogP contribution in [0.3, 0.4) is 0 Å². The first-order chi connectivity index (χ1) is 15.9. The Labute approximate surface area is 195 Å². The molecule has 0 saturated heterocycles. The number of hydrogen-bond acceptors (Lipinski definition) is 6. The number of nitrogens with zero attached hydrogens (tertiary/aromatic N) is 3. The smallest absolute Gasteiger partial charge is 0.418 e. The van der Waals surface area contributed by atoms with Crippen molar-refractivity contribution in [3.63, 3.8) is 0 Å². The zero-order chi connectivity index (χ0) is 25.8. The molecule has 1 aromatic rings. The van der Waals surface area contributed by atoms with Crippen molar-refractivity contribution in [2.24, 2.45) is 5.11 Å². The van der Waals surface area contributed by atoms with E-state index in [-0.39, 0.29) is 5.70 Å². The number of benzene rings is 1. The van der Waals surface area contributed by atoms with Crippen LogP contribution in [0.1, 0.15) is 30.9 Å². The first-order valence-electron chi connectivity index (χ1n) is 9.53. The highest BCUT2D eigenvalue weighted by atomic mass is 35.5. The topological polar surface area (TPSA) is 113 Å². The van der Waals surface area contributed by atoms with Crippen molar-refractivity contribution in [1.82, 2.24) is 5.32 Å². The predicted molar refractivity (Wildman–Crippen MR) is 110 cm³/mol. The van der Waals surface area contributed by atoms with E-state index in [2.05, 4.69) is 20.1 Å². The summed E-state index contributed by atoms with van der Waals surface area (Å²) in [5.74, 6) is -6.25. The number of alkyl halides is 4. The molecule has 1 aromatic carbocycles. The van der Waals surface area contributed by atoms with Gasteiger partial charge in [-0.15, -0.1) is 0 Å². The molecule has 1 heterocycles. The summed E-state index contributed by atoms with van der Waals surface area (Å²) in [4.78, 5) is 28.1. The van der Waals surface area contributed by atoms with Crippen molar-refractivity contribution in [2.45, 2.75) is 32.0 Å². The Morgan fingerprint density at radius 2 is 1.85 bits per heavy atom. The maximum absolute atomic E-state index is 15.1. The number of methoxy groups -OCH3 is 1. The number of rotatable bonds is 7. The second-order valence-electron chi connectivity index (χ2n) is 7.13. The number of ether oxygens (including phenoxy) is 2. The third kappa shape index (κ3) is 5.42. The van der Waals surface area contributed by atoms with Gasteiger partial charge in [0.05, 0.1) is 53.1 Å². The molecule has 8 nitrogen and oxygen atoms in total. The quantitative estimate of drug-likeness (QED) is 0.181. The van der Waals surface area contributed by atoms with E-state index in [0.717, 1.165) is 7.11 Å². The molecule has 1 unspecified atom stereocenters. The number of halogens is 6. The summed E-state index contributed by atoms with van der Waals surface area (Å²) in [6.45, 7) is 0.734. The summed E-state index contributed by atoms with van der Waals surface area (Å²) in [5, 5.41) is 4.71. The van der Waals surface area contributed by atoms with Crippen LogP contribution < -0.4 is 5.32 Å². The molecule has 0 saturated carbocycles. The molecular weight excluding hydrogens is 491 g/mol. The van der Waals surface area contributed by atoms with Gasteiger partial charge in [0.2, 0.25) is 0 Å². The van der Waals surface area contributed by atoms with Crippen LogP contribution in [0.4, 0.5) is 22.0 Å². The van der Waals surface area contributed by atoms with E-state index < -0.39 is 82.2 Å². The minimum Gasteiger partial charge on any atom is -0.466 e. The van der Waals surface area contributed by atoms with Gasteiger partial charge in [0.25, 0.3) is 0 Å². The molecule has 0 spiro atoms. The summed E-state index contributed by atoms with van der Waals surface area (Å²) in [6, 6.07) is 1.26. The van der Waals surface area contributed by atoms with Gasteiger partial charge in [-0.05, 0) is 31.5 Å². The van der Waals surface area contributed by atoms with Crippen LogP contribution in [0, 0.1) is 5.82 Å². The highest BCUT2D eigenvalue weighted by Crippen LogP contribution is 2.48. The van der Waals surface area contributed by atoms with Crippen LogP contribution in [0.2, 0.25) is 5.02 Å².